The van der Waals surface area contributed by atoms with Gasteiger partial charge in [0.25, 0.3) is 5.91 Å². The number of para-hydroxylation sites is 1. The lowest BCUT2D eigenvalue weighted by Crippen LogP contribution is -2.56. The number of nitrogens with one attached hydrogen (secondary N) is 1. The molecule has 1 fully saturated rings. The molecule has 5 N–H and O–H groups in total. The van der Waals surface area contributed by atoms with E-state index in [0.29, 0.717) is 35.2 Å². The normalized spacial score (nSPS) is 18.7. The molecule has 1 amide bonds. The summed E-state index contributed by atoms with van der Waals surface area (Å²) in [7, 11) is 0. The average molecular weight is 436 g/mol. The van der Waals surface area contributed by atoms with Crippen molar-refractivity contribution in [3.05, 3.63) is 64.6 Å². The number of aryl methyl sites for hydroxylation is 1. The van der Waals surface area contributed by atoms with Crippen LogP contribution in [0.3, 0.4) is 0 Å². The van der Waals surface area contributed by atoms with Gasteiger partial charge < -0.3 is 16.0 Å². The summed E-state index contributed by atoms with van der Waals surface area (Å²) in [6.07, 6.45) is 3.45. The summed E-state index contributed by atoms with van der Waals surface area (Å²) < 4.78 is 0. The zero-order valence-electron chi connectivity index (χ0n) is 17.9. The number of aromatic nitrogens is 2. The number of carbonyl (C=O) groups is 1. The van der Waals surface area contributed by atoms with Gasteiger partial charge in [-0.3, -0.25) is 15.2 Å². The first-order chi connectivity index (χ1) is 14.8. The molecule has 31 heavy (non-hydrogen) atoms. The highest BCUT2D eigenvalue weighted by Gasteiger charge is 2.31. The van der Waals surface area contributed by atoms with Crippen LogP contribution in [0.4, 0.5) is 5.69 Å². The molecule has 0 saturated carbocycles. The van der Waals surface area contributed by atoms with Crippen LogP contribution in [0.5, 0.6) is 0 Å². The summed E-state index contributed by atoms with van der Waals surface area (Å²) in [5.41, 5.74) is 10.3. The van der Waals surface area contributed by atoms with Crippen LogP contribution in [0.2, 0.25) is 0 Å². The molecular formula is C23H27N6OS+. The number of anilines is 1. The molecular weight excluding hydrogens is 408 g/mol. The number of hydrogen-bond acceptors (Lipinski definition) is 6. The molecule has 7 nitrogen and oxygen atoms in total. The van der Waals surface area contributed by atoms with Crippen LogP contribution < -0.4 is 16.5 Å². The van der Waals surface area contributed by atoms with E-state index in [0.717, 1.165) is 21.6 Å². The van der Waals surface area contributed by atoms with Crippen LogP contribution in [0, 0.1) is 6.92 Å². The Morgan fingerprint density at radius 3 is 2.65 bits per heavy atom. The van der Waals surface area contributed by atoms with Crippen LogP contribution >= 0.6 is 11.3 Å². The topological polar surface area (TPSA) is 110 Å². The first kappa shape index (κ1) is 21.1. The van der Waals surface area contributed by atoms with Gasteiger partial charge >= 0.3 is 0 Å². The molecule has 0 radical (unpaired) electrons. The van der Waals surface area contributed by atoms with E-state index in [1.165, 1.54) is 11.3 Å². The SMILES string of the molecule is Cc1cccc(C(=[NH2+])c2nc(C(=O)N3CC(C)NC(C)C3)c(-c3cccnc3)s2)c1N. The van der Waals surface area contributed by atoms with E-state index in [1.807, 2.05) is 42.2 Å². The van der Waals surface area contributed by atoms with Gasteiger partial charge in [0.05, 0.1) is 10.4 Å². The number of rotatable bonds is 4. The lowest BCUT2D eigenvalue weighted by molar-refractivity contribution is -0.111. The number of benzene rings is 1. The van der Waals surface area contributed by atoms with Gasteiger partial charge in [-0.15, -0.1) is 11.3 Å². The summed E-state index contributed by atoms with van der Waals surface area (Å²) in [6.45, 7) is 7.36. The summed E-state index contributed by atoms with van der Waals surface area (Å²) in [6, 6.07) is 9.96. The van der Waals surface area contributed by atoms with Crippen LogP contribution in [0.25, 0.3) is 10.4 Å². The summed E-state index contributed by atoms with van der Waals surface area (Å²) in [4.78, 5) is 25.1. The number of piperazine rings is 1. The molecule has 1 saturated heterocycles. The molecule has 2 unspecified atom stereocenters. The Morgan fingerprint density at radius 1 is 1.23 bits per heavy atom. The van der Waals surface area contributed by atoms with Gasteiger partial charge in [-0.1, -0.05) is 18.2 Å². The first-order valence-corrected chi connectivity index (χ1v) is 11.1. The average Bonchev–Trinajstić information content (AvgIpc) is 3.20. The quantitative estimate of drug-likeness (QED) is 0.425. The number of pyridine rings is 1. The minimum atomic E-state index is -0.0911. The third kappa shape index (κ3) is 4.22. The number of hydrogen-bond donors (Lipinski definition) is 3. The van der Waals surface area contributed by atoms with E-state index in [1.54, 1.807) is 12.4 Å². The van der Waals surface area contributed by atoms with Gasteiger partial charge in [-0.05, 0) is 38.5 Å². The summed E-state index contributed by atoms with van der Waals surface area (Å²) >= 11 is 1.39. The van der Waals surface area contributed by atoms with Gasteiger partial charge in [-0.2, -0.15) is 0 Å². The zero-order chi connectivity index (χ0) is 22.1. The number of amides is 1. The molecule has 3 aromatic rings. The number of nitrogens with zero attached hydrogens (tertiary/aromatic N) is 3. The second-order valence-electron chi connectivity index (χ2n) is 8.07. The largest absolute Gasteiger partial charge is 0.398 e. The van der Waals surface area contributed by atoms with E-state index in [4.69, 9.17) is 16.1 Å². The van der Waals surface area contributed by atoms with Crippen molar-refractivity contribution in [1.82, 2.24) is 20.2 Å². The Hall–Kier alpha value is -3.10. The highest BCUT2D eigenvalue weighted by molar-refractivity contribution is 7.17. The fourth-order valence-corrected chi connectivity index (χ4v) is 4.96. The van der Waals surface area contributed by atoms with Gasteiger partial charge in [0, 0.05) is 48.8 Å². The summed E-state index contributed by atoms with van der Waals surface area (Å²) in [5.74, 6) is -0.0911. The molecule has 160 valence electrons. The highest BCUT2D eigenvalue weighted by atomic mass is 32.1. The molecule has 3 heterocycles. The first-order valence-electron chi connectivity index (χ1n) is 10.3. The summed E-state index contributed by atoms with van der Waals surface area (Å²) in [5, 5.41) is 10.5. The van der Waals surface area contributed by atoms with Crippen LogP contribution in [0.15, 0.2) is 42.7 Å². The molecule has 8 heteroatoms. The molecule has 0 bridgehead atoms. The van der Waals surface area contributed by atoms with Crippen molar-refractivity contribution in [2.45, 2.75) is 32.9 Å². The van der Waals surface area contributed by atoms with E-state index in [2.05, 4.69) is 24.1 Å². The van der Waals surface area contributed by atoms with Crippen molar-refractivity contribution in [3.8, 4) is 10.4 Å². The Labute approximate surface area is 185 Å². The fraction of sp³-hybridized carbons (Fsp3) is 0.304. The Kier molecular flexibility index (Phi) is 5.84. The number of nitrogen functional groups attached to an aromatic ring is 1. The minimum Gasteiger partial charge on any atom is -0.398 e. The molecule has 4 rings (SSSR count). The predicted molar refractivity (Wildman–Crippen MR) is 124 cm³/mol. The molecule has 1 aliphatic rings. The van der Waals surface area contributed by atoms with Gasteiger partial charge in [-0.25, -0.2) is 4.98 Å². The molecule has 0 aliphatic carbocycles. The van der Waals surface area contributed by atoms with E-state index < -0.39 is 0 Å². The maximum absolute atomic E-state index is 13.5. The third-order valence-electron chi connectivity index (χ3n) is 5.44. The van der Waals surface area contributed by atoms with Crippen molar-refractivity contribution >= 4 is 28.6 Å². The number of thiazole rings is 1. The van der Waals surface area contributed by atoms with Crippen molar-refractivity contribution < 1.29 is 10.2 Å². The molecule has 0 spiro atoms. The monoisotopic (exact) mass is 435 g/mol. The number of carbonyl (C=O) groups excluding carboxylic acids is 1. The molecule has 2 atom stereocenters. The second kappa shape index (κ2) is 8.56. The van der Waals surface area contributed by atoms with E-state index in [9.17, 15) is 4.79 Å². The van der Waals surface area contributed by atoms with Gasteiger partial charge in [0.15, 0.2) is 5.01 Å². The minimum absolute atomic E-state index is 0.0911. The van der Waals surface area contributed by atoms with E-state index in [-0.39, 0.29) is 18.0 Å². The Balaban J connectivity index is 1.77. The van der Waals surface area contributed by atoms with Crippen molar-refractivity contribution in [2.24, 2.45) is 0 Å². The molecule has 1 aromatic carbocycles. The predicted octanol–water partition coefficient (Wildman–Crippen LogP) is 1.51. The lowest BCUT2D eigenvalue weighted by atomic mass is 10.0. The highest BCUT2D eigenvalue weighted by Crippen LogP contribution is 2.32. The lowest BCUT2D eigenvalue weighted by Gasteiger charge is -2.35. The van der Waals surface area contributed by atoms with Gasteiger partial charge in [0.2, 0.25) is 5.71 Å². The zero-order valence-corrected chi connectivity index (χ0v) is 18.7. The van der Waals surface area contributed by atoms with Crippen LogP contribution in [-0.2, 0) is 0 Å². The number of nitrogens with two attached hydrogens (primary N) is 2. The molecule has 1 aliphatic heterocycles. The third-order valence-corrected chi connectivity index (χ3v) is 6.58. The van der Waals surface area contributed by atoms with Crippen LogP contribution in [-0.4, -0.2) is 51.7 Å². The Morgan fingerprint density at radius 2 is 1.97 bits per heavy atom. The standard InChI is InChI=1S/C23H26N6OS/c1-13-6-4-8-17(18(13)24)19(25)22-28-20(21(31-22)16-7-5-9-26-10-16)23(30)29-11-14(2)27-15(3)12-29/h4-10,14-15,25,27H,11-12,24H2,1-3H3/p+1. The Bertz CT molecular complexity index is 1120. The smallest absolute Gasteiger partial charge is 0.274 e. The van der Waals surface area contributed by atoms with Gasteiger partial charge in [0.1, 0.15) is 5.69 Å². The fourth-order valence-electron chi connectivity index (χ4n) is 3.95. The maximum atomic E-state index is 13.5. The molecule has 2 aromatic heterocycles. The second-order valence-corrected chi connectivity index (χ2v) is 9.07. The van der Waals surface area contributed by atoms with Crippen LogP contribution in [0.1, 0.15) is 40.5 Å². The van der Waals surface area contributed by atoms with Crippen molar-refractivity contribution in [1.29, 1.82) is 0 Å². The maximum Gasteiger partial charge on any atom is 0.274 e. The van der Waals surface area contributed by atoms with Crippen molar-refractivity contribution in [2.75, 3.05) is 18.8 Å². The van der Waals surface area contributed by atoms with Crippen molar-refractivity contribution in [3.63, 3.8) is 0 Å². The van der Waals surface area contributed by atoms with E-state index >= 15 is 0 Å².